The molecule has 0 fully saturated rings. The Kier molecular flexibility index (Phi) is 9.32. The highest BCUT2D eigenvalue weighted by molar-refractivity contribution is 6.33. The van der Waals surface area contributed by atoms with E-state index in [0.717, 1.165) is 6.54 Å². The van der Waals surface area contributed by atoms with Crippen molar-refractivity contribution in [3.63, 3.8) is 0 Å². The van der Waals surface area contributed by atoms with Crippen LogP contribution in [0.2, 0.25) is 5.02 Å². The number of benzene rings is 2. The van der Waals surface area contributed by atoms with Crippen molar-refractivity contribution in [2.24, 2.45) is 0 Å². The number of hydrogen-bond donors (Lipinski definition) is 3. The monoisotopic (exact) mass is 512 g/mol. The molecule has 3 aromatic rings. The number of carbonyl (C=O) groups is 1. The van der Waals surface area contributed by atoms with Gasteiger partial charge < -0.3 is 35.1 Å². The van der Waals surface area contributed by atoms with Gasteiger partial charge in [0.2, 0.25) is 11.9 Å². The van der Waals surface area contributed by atoms with E-state index >= 15 is 0 Å². The van der Waals surface area contributed by atoms with E-state index in [1.807, 2.05) is 31.1 Å². The molecule has 0 spiro atoms. The fraction of sp³-hybridized carbons (Fsp3) is 0.240. The highest BCUT2D eigenvalue weighted by Crippen LogP contribution is 2.34. The van der Waals surface area contributed by atoms with E-state index in [9.17, 15) is 4.79 Å². The molecule has 0 radical (unpaired) electrons. The third-order valence-electron chi connectivity index (χ3n) is 4.88. The Morgan fingerprint density at radius 3 is 2.56 bits per heavy atom. The summed E-state index contributed by atoms with van der Waals surface area (Å²) in [6, 6.07) is 10.6. The maximum Gasteiger partial charge on any atom is 0.247 e. The summed E-state index contributed by atoms with van der Waals surface area (Å²) in [5.74, 6) is 2.08. The van der Waals surface area contributed by atoms with E-state index in [-0.39, 0.29) is 11.9 Å². The van der Waals surface area contributed by atoms with Crippen LogP contribution in [0.4, 0.5) is 28.8 Å². The first-order valence-electron chi connectivity index (χ1n) is 11.0. The molecule has 0 saturated carbocycles. The summed E-state index contributed by atoms with van der Waals surface area (Å²) < 4.78 is 16.7. The van der Waals surface area contributed by atoms with Gasteiger partial charge in [0.05, 0.1) is 31.8 Å². The maximum absolute atomic E-state index is 11.7. The molecule has 1 aromatic heterocycles. The zero-order valence-corrected chi connectivity index (χ0v) is 21.3. The zero-order valence-electron chi connectivity index (χ0n) is 20.6. The number of methoxy groups -OCH3 is 2. The first-order chi connectivity index (χ1) is 17.3. The SMILES string of the molecule is C=CC(=O)Nc1ccc(OC)c(Nc2ncc(Cl)c(Nc3ccc(OCCN(C)C)cc3OC)n2)c1. The number of nitrogens with one attached hydrogen (secondary N) is 3. The van der Waals surface area contributed by atoms with E-state index in [1.165, 1.54) is 12.3 Å². The molecule has 0 aliphatic heterocycles. The van der Waals surface area contributed by atoms with Crippen molar-refractivity contribution in [3.8, 4) is 17.2 Å². The molecule has 3 rings (SSSR count). The largest absolute Gasteiger partial charge is 0.495 e. The van der Waals surface area contributed by atoms with Crippen molar-refractivity contribution in [1.82, 2.24) is 14.9 Å². The van der Waals surface area contributed by atoms with Crippen molar-refractivity contribution in [2.45, 2.75) is 0 Å². The number of aromatic nitrogens is 2. The van der Waals surface area contributed by atoms with Crippen molar-refractivity contribution in [2.75, 3.05) is 57.4 Å². The number of rotatable bonds is 12. The molecule has 36 heavy (non-hydrogen) atoms. The fourth-order valence-corrected chi connectivity index (χ4v) is 3.19. The molecule has 11 heteroatoms. The van der Waals surface area contributed by atoms with Crippen molar-refractivity contribution < 1.29 is 19.0 Å². The topological polar surface area (TPSA) is 110 Å². The lowest BCUT2D eigenvalue weighted by Crippen LogP contribution is -2.19. The molecule has 0 atom stereocenters. The fourth-order valence-electron chi connectivity index (χ4n) is 3.05. The number of ether oxygens (including phenoxy) is 3. The van der Waals surface area contributed by atoms with Gasteiger partial charge in [0, 0.05) is 18.3 Å². The zero-order chi connectivity index (χ0) is 26.1. The number of carbonyl (C=O) groups excluding carboxylic acids is 1. The molecule has 10 nitrogen and oxygen atoms in total. The molecule has 190 valence electrons. The van der Waals surface area contributed by atoms with E-state index in [1.54, 1.807) is 38.5 Å². The second-order valence-corrected chi connectivity index (χ2v) is 8.17. The summed E-state index contributed by atoms with van der Waals surface area (Å²) in [5.41, 5.74) is 1.74. The summed E-state index contributed by atoms with van der Waals surface area (Å²) in [4.78, 5) is 22.5. The van der Waals surface area contributed by atoms with Crippen LogP contribution in [0.25, 0.3) is 0 Å². The van der Waals surface area contributed by atoms with Gasteiger partial charge in [0.1, 0.15) is 28.9 Å². The second-order valence-electron chi connectivity index (χ2n) is 7.76. The molecule has 0 bridgehead atoms. The summed E-state index contributed by atoms with van der Waals surface area (Å²) >= 11 is 6.36. The van der Waals surface area contributed by atoms with Gasteiger partial charge in [-0.2, -0.15) is 4.98 Å². The Hall–Kier alpha value is -4.02. The van der Waals surface area contributed by atoms with Crippen molar-refractivity contribution >= 4 is 46.3 Å². The van der Waals surface area contributed by atoms with E-state index in [2.05, 4.69) is 32.5 Å². The molecule has 3 N–H and O–H groups in total. The maximum atomic E-state index is 11.7. The Morgan fingerprint density at radius 1 is 1.08 bits per heavy atom. The minimum Gasteiger partial charge on any atom is -0.495 e. The lowest BCUT2D eigenvalue weighted by atomic mass is 10.2. The number of anilines is 5. The minimum absolute atomic E-state index is 0.259. The lowest BCUT2D eigenvalue weighted by Gasteiger charge is -2.16. The highest BCUT2D eigenvalue weighted by Gasteiger charge is 2.13. The van der Waals surface area contributed by atoms with Gasteiger partial charge in [-0.25, -0.2) is 4.98 Å². The van der Waals surface area contributed by atoms with Gasteiger partial charge in [-0.05, 0) is 50.5 Å². The molecule has 2 aromatic carbocycles. The highest BCUT2D eigenvalue weighted by atomic mass is 35.5. The summed E-state index contributed by atoms with van der Waals surface area (Å²) in [7, 11) is 7.08. The predicted octanol–water partition coefficient (Wildman–Crippen LogP) is 4.70. The van der Waals surface area contributed by atoms with Crippen LogP contribution in [0.15, 0.2) is 55.3 Å². The van der Waals surface area contributed by atoms with Crippen molar-refractivity contribution in [1.29, 1.82) is 0 Å². The Labute approximate surface area is 215 Å². The van der Waals surface area contributed by atoms with Crippen LogP contribution in [0.5, 0.6) is 17.2 Å². The Balaban J connectivity index is 1.81. The van der Waals surface area contributed by atoms with Crippen LogP contribution < -0.4 is 30.2 Å². The number of nitrogens with zero attached hydrogens (tertiary/aromatic N) is 3. The molecule has 1 amide bonds. The summed E-state index contributed by atoms with van der Waals surface area (Å²) in [5, 5.41) is 9.30. The quantitative estimate of drug-likeness (QED) is 0.297. The molecule has 0 saturated heterocycles. The standard InChI is InChI=1S/C25H29ClN6O4/c1-6-23(33)28-16-7-10-21(34-4)20(13-16)30-25-27-15-18(26)24(31-25)29-19-9-8-17(14-22(19)35-5)36-12-11-32(2)3/h6-10,13-15H,1,11-12H2,2-5H3,(H,28,33)(H2,27,29,30,31). The first kappa shape index (κ1) is 26.6. The predicted molar refractivity (Wildman–Crippen MR) is 142 cm³/mol. The Morgan fingerprint density at radius 2 is 1.86 bits per heavy atom. The summed E-state index contributed by atoms with van der Waals surface area (Å²) in [6.45, 7) is 4.81. The van der Waals surface area contributed by atoms with E-state index < -0.39 is 0 Å². The first-order valence-corrected chi connectivity index (χ1v) is 11.3. The number of halogens is 1. The van der Waals surface area contributed by atoms with Crippen LogP contribution >= 0.6 is 11.6 Å². The molecular formula is C25H29ClN6O4. The number of likely N-dealkylation sites (N-methyl/N-ethyl adjacent to an activating group) is 1. The third-order valence-corrected chi connectivity index (χ3v) is 5.15. The lowest BCUT2D eigenvalue weighted by molar-refractivity contribution is -0.111. The second kappa shape index (κ2) is 12.6. The van der Waals surface area contributed by atoms with Gasteiger partial charge in [0.25, 0.3) is 0 Å². The van der Waals surface area contributed by atoms with Crippen molar-refractivity contribution in [3.05, 3.63) is 60.3 Å². The van der Waals surface area contributed by atoms with Crippen LogP contribution in [0.1, 0.15) is 0 Å². The van der Waals surface area contributed by atoms with Crippen LogP contribution in [0.3, 0.4) is 0 Å². The third kappa shape index (κ3) is 7.24. The molecule has 0 unspecified atom stereocenters. The van der Waals surface area contributed by atoms with E-state index in [0.29, 0.717) is 51.8 Å². The van der Waals surface area contributed by atoms with Crippen LogP contribution in [0, 0.1) is 0 Å². The average molecular weight is 513 g/mol. The minimum atomic E-state index is -0.330. The van der Waals surface area contributed by atoms with E-state index in [4.69, 9.17) is 25.8 Å². The number of amides is 1. The van der Waals surface area contributed by atoms with Crippen LogP contribution in [-0.2, 0) is 4.79 Å². The summed E-state index contributed by atoms with van der Waals surface area (Å²) in [6.07, 6.45) is 2.66. The molecule has 0 aliphatic carbocycles. The van der Waals surface area contributed by atoms with Gasteiger partial charge >= 0.3 is 0 Å². The van der Waals surface area contributed by atoms with Crippen LogP contribution in [-0.4, -0.2) is 62.2 Å². The number of hydrogen-bond acceptors (Lipinski definition) is 9. The van der Waals surface area contributed by atoms with Gasteiger partial charge in [-0.3, -0.25) is 4.79 Å². The van der Waals surface area contributed by atoms with Gasteiger partial charge in [-0.1, -0.05) is 18.2 Å². The molecule has 1 heterocycles. The molecule has 0 aliphatic rings. The van der Waals surface area contributed by atoms with Gasteiger partial charge in [-0.15, -0.1) is 0 Å². The Bertz CT molecular complexity index is 1220. The smallest absolute Gasteiger partial charge is 0.247 e. The molecular weight excluding hydrogens is 484 g/mol. The normalized spacial score (nSPS) is 10.5. The average Bonchev–Trinajstić information content (AvgIpc) is 2.86. The van der Waals surface area contributed by atoms with Gasteiger partial charge in [0.15, 0.2) is 5.82 Å².